The van der Waals surface area contributed by atoms with Crippen molar-refractivity contribution in [3.63, 3.8) is 0 Å². The van der Waals surface area contributed by atoms with E-state index in [1.54, 1.807) is 0 Å². The third-order valence-electron chi connectivity index (χ3n) is 14.9. The molecular formula is C66H51N. The van der Waals surface area contributed by atoms with Crippen molar-refractivity contribution in [1.29, 1.82) is 0 Å². The normalized spacial score (nSPS) is 13.6. The summed E-state index contributed by atoms with van der Waals surface area (Å²) in [6.07, 6.45) is 0. The van der Waals surface area contributed by atoms with Crippen molar-refractivity contribution in [2.45, 2.75) is 38.5 Å². The quantitative estimate of drug-likeness (QED) is 0.147. The number of fused-ring (bicyclic) bond motifs is 6. The fraction of sp³-hybridized carbons (Fsp3) is 0.0909. The molecule has 0 saturated carbocycles. The van der Waals surface area contributed by atoms with Gasteiger partial charge in [-0.1, -0.05) is 214 Å². The van der Waals surface area contributed by atoms with Crippen molar-refractivity contribution in [2.24, 2.45) is 0 Å². The molecule has 1 nitrogen and oxygen atoms in total. The lowest BCUT2D eigenvalue weighted by molar-refractivity contribution is 0.660. The zero-order valence-corrected chi connectivity index (χ0v) is 38.5. The van der Waals surface area contributed by atoms with Crippen LogP contribution in [0.4, 0.5) is 17.1 Å². The summed E-state index contributed by atoms with van der Waals surface area (Å²) in [7, 11) is 0. The Morgan fingerprint density at radius 2 is 0.731 bits per heavy atom. The molecule has 0 fully saturated rings. The first-order chi connectivity index (χ1) is 32.8. The first kappa shape index (κ1) is 40.5. The molecule has 2 aliphatic rings. The minimum atomic E-state index is -0.506. The van der Waals surface area contributed by atoms with Gasteiger partial charge in [0.1, 0.15) is 0 Å². The molecule has 0 spiro atoms. The van der Waals surface area contributed by atoms with Crippen molar-refractivity contribution >= 4 is 17.1 Å². The molecule has 320 valence electrons. The molecular weight excluding hydrogens is 807 g/mol. The van der Waals surface area contributed by atoms with Crippen molar-refractivity contribution in [3.05, 3.63) is 281 Å². The van der Waals surface area contributed by atoms with Crippen LogP contribution >= 0.6 is 0 Å². The molecule has 67 heavy (non-hydrogen) atoms. The van der Waals surface area contributed by atoms with Crippen molar-refractivity contribution in [1.82, 2.24) is 0 Å². The third kappa shape index (κ3) is 6.37. The van der Waals surface area contributed by atoms with E-state index >= 15 is 0 Å². The Bertz CT molecular complexity index is 3450. The van der Waals surface area contributed by atoms with Crippen molar-refractivity contribution < 1.29 is 0 Å². The molecule has 12 rings (SSSR count). The summed E-state index contributed by atoms with van der Waals surface area (Å²) >= 11 is 0. The van der Waals surface area contributed by atoms with Gasteiger partial charge in [0.2, 0.25) is 0 Å². The number of benzene rings is 10. The van der Waals surface area contributed by atoms with Gasteiger partial charge in [0.25, 0.3) is 0 Å². The number of hydrogen-bond donors (Lipinski definition) is 0. The van der Waals surface area contributed by atoms with Crippen LogP contribution in [0.25, 0.3) is 55.6 Å². The molecule has 0 aliphatic heterocycles. The highest BCUT2D eigenvalue weighted by Crippen LogP contribution is 2.58. The molecule has 0 N–H and O–H groups in total. The highest BCUT2D eigenvalue weighted by Gasteiger charge is 2.46. The average molecular weight is 858 g/mol. The minimum absolute atomic E-state index is 0.140. The first-order valence-electron chi connectivity index (χ1n) is 23.6. The molecule has 0 heterocycles. The van der Waals surface area contributed by atoms with Gasteiger partial charge in [-0.15, -0.1) is 0 Å². The lowest BCUT2D eigenvalue weighted by Crippen LogP contribution is -2.28. The lowest BCUT2D eigenvalue weighted by Gasteiger charge is -2.35. The van der Waals surface area contributed by atoms with E-state index in [0.29, 0.717) is 0 Å². The maximum Gasteiger partial charge on any atom is 0.0714 e. The summed E-state index contributed by atoms with van der Waals surface area (Å²) in [5.74, 6) is 0. The molecule has 0 atom stereocenters. The Balaban J connectivity index is 0.986. The predicted octanol–water partition coefficient (Wildman–Crippen LogP) is 17.4. The number of hydrogen-bond acceptors (Lipinski definition) is 1. The van der Waals surface area contributed by atoms with E-state index in [-0.39, 0.29) is 5.41 Å². The van der Waals surface area contributed by atoms with Crippen LogP contribution < -0.4 is 4.90 Å². The molecule has 0 radical (unpaired) electrons. The predicted molar refractivity (Wildman–Crippen MR) is 282 cm³/mol. The Morgan fingerprint density at radius 3 is 1.36 bits per heavy atom. The maximum atomic E-state index is 2.48. The third-order valence-corrected chi connectivity index (χ3v) is 14.9. The van der Waals surface area contributed by atoms with Gasteiger partial charge in [-0.25, -0.2) is 0 Å². The SMILES string of the molecule is Cc1ccccc1-c1cccc(-c2ccc(-c3ccc(N(c4ccc5c(c4)C(C)(C)c4ccccc4-5)c4ccc5c(c4)C(c4ccccc4)(c4ccccc4)c4ccccc4-5)cc3)cc2)c1C. The second kappa shape index (κ2) is 15.9. The fourth-order valence-corrected chi connectivity index (χ4v) is 11.6. The number of anilines is 3. The van der Waals surface area contributed by atoms with E-state index < -0.39 is 5.41 Å². The standard InChI is InChI=1S/C66H51N/c1-44-18-11-12-23-54(44)56-27-17-26-55(45(56)2)48-32-30-46(31-33-48)47-34-36-51(37-35-47)67(52-38-40-59-57-24-13-15-28-61(57)65(3,4)63(59)42-52)53-39-41-60-58-25-14-16-29-62(58)66(64(60)43-53,49-19-7-5-8-20-49)50-21-9-6-10-22-50/h5-43H,1-4H3. The molecule has 0 bridgehead atoms. The number of rotatable bonds is 8. The number of nitrogens with zero attached hydrogens (tertiary/aromatic N) is 1. The van der Waals surface area contributed by atoms with Gasteiger partial charge in [0, 0.05) is 22.5 Å². The summed E-state index contributed by atoms with van der Waals surface area (Å²) in [6, 6.07) is 88.0. The summed E-state index contributed by atoms with van der Waals surface area (Å²) in [4.78, 5) is 2.47. The summed E-state index contributed by atoms with van der Waals surface area (Å²) in [5.41, 5.74) is 25.8. The van der Waals surface area contributed by atoms with Gasteiger partial charge < -0.3 is 4.90 Å². The average Bonchev–Trinajstić information content (AvgIpc) is 3.80. The van der Waals surface area contributed by atoms with Crippen LogP contribution in [0, 0.1) is 13.8 Å². The van der Waals surface area contributed by atoms with Crippen LogP contribution in [0.3, 0.4) is 0 Å². The Hall–Kier alpha value is -8.00. The highest BCUT2D eigenvalue weighted by molar-refractivity contribution is 5.91. The van der Waals surface area contributed by atoms with E-state index in [2.05, 4.69) is 269 Å². The van der Waals surface area contributed by atoms with Gasteiger partial charge in [0.05, 0.1) is 5.41 Å². The molecule has 0 unspecified atom stereocenters. The van der Waals surface area contributed by atoms with Crippen LogP contribution in [0.15, 0.2) is 237 Å². The highest BCUT2D eigenvalue weighted by atomic mass is 15.1. The van der Waals surface area contributed by atoms with E-state index in [0.717, 1.165) is 17.1 Å². The molecule has 0 saturated heterocycles. The van der Waals surface area contributed by atoms with Crippen LogP contribution in [0.5, 0.6) is 0 Å². The Labute approximate surface area is 395 Å². The van der Waals surface area contributed by atoms with Gasteiger partial charge in [-0.3, -0.25) is 0 Å². The summed E-state index contributed by atoms with van der Waals surface area (Å²) in [6.45, 7) is 9.18. The number of aryl methyl sites for hydroxylation is 1. The second-order valence-electron chi connectivity index (χ2n) is 18.9. The Morgan fingerprint density at radius 1 is 0.299 bits per heavy atom. The van der Waals surface area contributed by atoms with Crippen LogP contribution in [-0.4, -0.2) is 0 Å². The van der Waals surface area contributed by atoms with Crippen LogP contribution in [0.1, 0.15) is 58.4 Å². The molecule has 10 aromatic carbocycles. The van der Waals surface area contributed by atoms with E-state index in [1.807, 2.05) is 0 Å². The monoisotopic (exact) mass is 857 g/mol. The minimum Gasteiger partial charge on any atom is -0.310 e. The molecule has 2 aliphatic carbocycles. The zero-order valence-electron chi connectivity index (χ0n) is 38.5. The largest absolute Gasteiger partial charge is 0.310 e. The molecule has 0 aromatic heterocycles. The van der Waals surface area contributed by atoms with E-state index in [9.17, 15) is 0 Å². The van der Waals surface area contributed by atoms with Crippen molar-refractivity contribution in [2.75, 3.05) is 4.90 Å². The lowest BCUT2D eigenvalue weighted by atomic mass is 9.67. The van der Waals surface area contributed by atoms with Gasteiger partial charge in [-0.05, 0) is 150 Å². The molecule has 0 amide bonds. The van der Waals surface area contributed by atoms with Gasteiger partial charge in [-0.2, -0.15) is 0 Å². The Kier molecular flexibility index (Phi) is 9.59. The fourth-order valence-electron chi connectivity index (χ4n) is 11.6. The molecule has 1 heteroatoms. The maximum absolute atomic E-state index is 2.48. The summed E-state index contributed by atoms with van der Waals surface area (Å²) < 4.78 is 0. The van der Waals surface area contributed by atoms with E-state index in [4.69, 9.17) is 0 Å². The summed E-state index contributed by atoms with van der Waals surface area (Å²) in [5, 5.41) is 0. The first-order valence-corrected chi connectivity index (χ1v) is 23.6. The molecule has 10 aromatic rings. The van der Waals surface area contributed by atoms with E-state index in [1.165, 1.54) is 100 Å². The van der Waals surface area contributed by atoms with Crippen LogP contribution in [-0.2, 0) is 10.8 Å². The zero-order chi connectivity index (χ0) is 45.3. The van der Waals surface area contributed by atoms with Gasteiger partial charge in [0.15, 0.2) is 0 Å². The van der Waals surface area contributed by atoms with Crippen LogP contribution in [0.2, 0.25) is 0 Å². The van der Waals surface area contributed by atoms with Crippen molar-refractivity contribution in [3.8, 4) is 55.6 Å². The topological polar surface area (TPSA) is 3.24 Å². The second-order valence-corrected chi connectivity index (χ2v) is 18.9. The van der Waals surface area contributed by atoms with Gasteiger partial charge >= 0.3 is 0 Å². The smallest absolute Gasteiger partial charge is 0.0714 e.